The minimum atomic E-state index is -3.86. The number of aromatic nitrogens is 1. The number of benzene rings is 2. The number of halogens is 3. The van der Waals surface area contributed by atoms with Crippen molar-refractivity contribution in [2.75, 3.05) is 31.5 Å². The molecule has 0 aliphatic carbocycles. The number of pyridine rings is 1. The summed E-state index contributed by atoms with van der Waals surface area (Å²) in [4.78, 5) is 17.0. The van der Waals surface area contributed by atoms with Gasteiger partial charge in [0, 0.05) is 53.5 Å². The first-order chi connectivity index (χ1) is 16.3. The fourth-order valence-corrected chi connectivity index (χ4v) is 6.42. The van der Waals surface area contributed by atoms with E-state index in [1.807, 2.05) is 12.1 Å². The number of anilines is 1. The minimum Gasteiger partial charge on any atom is -0.383 e. The number of nitrogens with one attached hydrogen (secondary N) is 2. The molecule has 4 rings (SSSR count). The Labute approximate surface area is 213 Å². The zero-order valence-electron chi connectivity index (χ0n) is 18.1. The van der Waals surface area contributed by atoms with Gasteiger partial charge in [-0.25, -0.2) is 8.42 Å². The van der Waals surface area contributed by atoms with Crippen LogP contribution in [-0.2, 0) is 14.8 Å². The lowest BCUT2D eigenvalue weighted by Crippen LogP contribution is -2.46. The average Bonchev–Trinajstić information content (AvgIpc) is 2.83. The van der Waals surface area contributed by atoms with Crippen LogP contribution in [0.4, 0.5) is 5.69 Å². The van der Waals surface area contributed by atoms with E-state index in [4.69, 9.17) is 34.8 Å². The molecule has 1 amide bonds. The maximum Gasteiger partial charge on any atom is 0.244 e. The number of carbonyl (C=O) groups excluding carboxylic acids is 1. The Kier molecular flexibility index (Phi) is 7.84. The molecule has 2 aromatic carbocycles. The average molecular weight is 542 g/mol. The van der Waals surface area contributed by atoms with Gasteiger partial charge in [-0.05, 0) is 55.3 Å². The van der Waals surface area contributed by atoms with Gasteiger partial charge in [0.15, 0.2) is 0 Å². The molecular formula is C23H23Cl3N4O3S. The Morgan fingerprint density at radius 1 is 1.06 bits per heavy atom. The molecule has 180 valence electrons. The molecule has 1 fully saturated rings. The number of carbonyl (C=O) groups is 1. The van der Waals surface area contributed by atoms with E-state index < -0.39 is 15.9 Å². The van der Waals surface area contributed by atoms with Gasteiger partial charge in [-0.2, -0.15) is 4.31 Å². The highest BCUT2D eigenvalue weighted by Gasteiger charge is 2.34. The molecule has 2 N–H and O–H groups in total. The number of nitrogens with zero attached hydrogens (tertiary/aromatic N) is 2. The first-order valence-electron chi connectivity index (χ1n) is 10.8. The summed E-state index contributed by atoms with van der Waals surface area (Å²) >= 11 is 18.1. The standard InChI is InChI=1S/C23H23Cl3N4O3S/c24-16-3-5-18-20(7-8-27-21(18)12-16)28-9-10-29-23(31)15-2-1-11-30(14-15)34(32,33)22-13-17(25)4-6-19(22)26/h3-8,12-13,15H,1-2,9-11,14H2,(H,27,28)(H,29,31). The first kappa shape index (κ1) is 25.0. The van der Waals surface area contributed by atoms with E-state index in [0.717, 1.165) is 16.6 Å². The second-order valence-corrected chi connectivity index (χ2v) is 11.2. The van der Waals surface area contributed by atoms with Crippen LogP contribution in [0.2, 0.25) is 15.1 Å². The molecule has 1 atom stereocenters. The second-order valence-electron chi connectivity index (χ2n) is 8.01. The molecular weight excluding hydrogens is 519 g/mol. The van der Waals surface area contributed by atoms with E-state index in [1.165, 1.54) is 22.5 Å². The maximum absolute atomic E-state index is 13.1. The van der Waals surface area contributed by atoms with Crippen molar-refractivity contribution in [3.8, 4) is 0 Å². The van der Waals surface area contributed by atoms with Gasteiger partial charge in [0.1, 0.15) is 4.90 Å². The Morgan fingerprint density at radius 2 is 1.82 bits per heavy atom. The molecule has 0 saturated carbocycles. The minimum absolute atomic E-state index is 0.0437. The van der Waals surface area contributed by atoms with Crippen LogP contribution in [0.15, 0.2) is 53.6 Å². The molecule has 1 saturated heterocycles. The summed E-state index contributed by atoms with van der Waals surface area (Å²) in [5.41, 5.74) is 1.68. The van der Waals surface area contributed by atoms with Gasteiger partial charge in [-0.1, -0.05) is 34.8 Å². The predicted molar refractivity (Wildman–Crippen MR) is 136 cm³/mol. The molecule has 11 heteroatoms. The zero-order chi connectivity index (χ0) is 24.3. The molecule has 0 radical (unpaired) electrons. The third kappa shape index (κ3) is 5.58. The van der Waals surface area contributed by atoms with Crippen LogP contribution in [0.1, 0.15) is 12.8 Å². The zero-order valence-corrected chi connectivity index (χ0v) is 21.2. The van der Waals surface area contributed by atoms with E-state index in [-0.39, 0.29) is 27.4 Å². The Morgan fingerprint density at radius 3 is 2.65 bits per heavy atom. The SMILES string of the molecule is O=C(NCCNc1ccnc2cc(Cl)ccc12)C1CCCN(S(=O)(=O)c2cc(Cl)ccc2Cl)C1. The maximum atomic E-state index is 13.1. The number of piperidine rings is 1. The van der Waals surface area contributed by atoms with Crippen LogP contribution >= 0.6 is 34.8 Å². The summed E-state index contributed by atoms with van der Waals surface area (Å²) in [5, 5.41) is 8.15. The van der Waals surface area contributed by atoms with E-state index in [2.05, 4.69) is 15.6 Å². The monoisotopic (exact) mass is 540 g/mol. The molecule has 3 aromatic rings. The van der Waals surface area contributed by atoms with Crippen molar-refractivity contribution in [1.29, 1.82) is 0 Å². The summed E-state index contributed by atoms with van der Waals surface area (Å²) in [7, 11) is -3.86. The van der Waals surface area contributed by atoms with Crippen LogP contribution in [0.5, 0.6) is 0 Å². The molecule has 34 heavy (non-hydrogen) atoms. The van der Waals surface area contributed by atoms with Gasteiger partial charge in [-0.3, -0.25) is 9.78 Å². The van der Waals surface area contributed by atoms with E-state index in [9.17, 15) is 13.2 Å². The Bertz CT molecular complexity index is 1320. The van der Waals surface area contributed by atoms with E-state index in [1.54, 1.807) is 18.3 Å². The molecule has 0 spiro atoms. The molecule has 1 unspecified atom stereocenters. The van der Waals surface area contributed by atoms with Gasteiger partial charge in [0.2, 0.25) is 15.9 Å². The number of fused-ring (bicyclic) bond motifs is 1. The third-order valence-corrected chi connectivity index (χ3v) is 8.53. The second kappa shape index (κ2) is 10.7. The number of hydrogen-bond donors (Lipinski definition) is 2. The van der Waals surface area contributed by atoms with Gasteiger partial charge >= 0.3 is 0 Å². The van der Waals surface area contributed by atoms with Crippen LogP contribution in [0.25, 0.3) is 10.9 Å². The summed E-state index contributed by atoms with van der Waals surface area (Å²) in [6.45, 7) is 1.32. The van der Waals surface area contributed by atoms with Gasteiger partial charge in [-0.15, -0.1) is 0 Å². The van der Waals surface area contributed by atoms with Crippen LogP contribution in [0.3, 0.4) is 0 Å². The summed E-state index contributed by atoms with van der Waals surface area (Å²) in [5.74, 6) is -0.615. The summed E-state index contributed by atoms with van der Waals surface area (Å²) in [6.07, 6.45) is 2.90. The van der Waals surface area contributed by atoms with Crippen molar-refractivity contribution < 1.29 is 13.2 Å². The topological polar surface area (TPSA) is 91.4 Å². The Balaban J connectivity index is 1.34. The number of sulfonamides is 1. The van der Waals surface area contributed by atoms with Gasteiger partial charge in [0.25, 0.3) is 0 Å². The molecule has 1 aromatic heterocycles. The first-order valence-corrected chi connectivity index (χ1v) is 13.3. The number of hydrogen-bond acceptors (Lipinski definition) is 5. The molecule has 1 aliphatic rings. The van der Waals surface area contributed by atoms with Gasteiger partial charge < -0.3 is 10.6 Å². The van der Waals surface area contributed by atoms with Crippen LogP contribution < -0.4 is 10.6 Å². The highest BCUT2D eigenvalue weighted by Crippen LogP contribution is 2.30. The summed E-state index contributed by atoms with van der Waals surface area (Å²) in [6, 6.07) is 11.7. The van der Waals surface area contributed by atoms with E-state index in [0.29, 0.717) is 37.5 Å². The fourth-order valence-electron chi connectivity index (χ4n) is 3.99. The molecule has 7 nitrogen and oxygen atoms in total. The van der Waals surface area contributed by atoms with Crippen molar-refractivity contribution in [3.05, 3.63) is 63.7 Å². The molecule has 1 aliphatic heterocycles. The van der Waals surface area contributed by atoms with Crippen molar-refractivity contribution in [2.45, 2.75) is 17.7 Å². The predicted octanol–water partition coefficient (Wildman–Crippen LogP) is 4.82. The number of amides is 1. The lowest BCUT2D eigenvalue weighted by molar-refractivity contribution is -0.125. The highest BCUT2D eigenvalue weighted by molar-refractivity contribution is 7.89. The molecule has 2 heterocycles. The fraction of sp³-hybridized carbons (Fsp3) is 0.304. The van der Waals surface area contributed by atoms with E-state index >= 15 is 0 Å². The normalized spacial score (nSPS) is 17.0. The van der Waals surface area contributed by atoms with Crippen molar-refractivity contribution in [3.63, 3.8) is 0 Å². The lowest BCUT2D eigenvalue weighted by Gasteiger charge is -2.31. The highest BCUT2D eigenvalue weighted by atomic mass is 35.5. The van der Waals surface area contributed by atoms with Crippen LogP contribution in [0, 0.1) is 5.92 Å². The largest absolute Gasteiger partial charge is 0.383 e. The summed E-state index contributed by atoms with van der Waals surface area (Å²) < 4.78 is 27.5. The van der Waals surface area contributed by atoms with Crippen LogP contribution in [-0.4, -0.2) is 49.8 Å². The molecule has 0 bridgehead atoms. The third-order valence-electron chi connectivity index (χ3n) is 5.71. The smallest absolute Gasteiger partial charge is 0.244 e. The quantitative estimate of drug-likeness (QED) is 0.418. The van der Waals surface area contributed by atoms with Crippen molar-refractivity contribution in [1.82, 2.24) is 14.6 Å². The van der Waals surface area contributed by atoms with Gasteiger partial charge in [0.05, 0.1) is 16.5 Å². The number of rotatable bonds is 7. The lowest BCUT2D eigenvalue weighted by atomic mass is 9.99. The van der Waals surface area contributed by atoms with Crippen molar-refractivity contribution in [2.24, 2.45) is 5.92 Å². The Hall–Kier alpha value is -2.10. The van der Waals surface area contributed by atoms with Crippen molar-refractivity contribution >= 4 is 67.3 Å².